The molecule has 0 saturated carbocycles. The molecule has 0 amide bonds. The van der Waals surface area contributed by atoms with Gasteiger partial charge in [0.15, 0.2) is 0 Å². The summed E-state index contributed by atoms with van der Waals surface area (Å²) in [5.74, 6) is 0.457. The van der Waals surface area contributed by atoms with Crippen LogP contribution in [-0.4, -0.2) is 34.1 Å². The van der Waals surface area contributed by atoms with Gasteiger partial charge < -0.3 is 10.0 Å². The largest absolute Gasteiger partial charge is 0.481 e. The Balaban J connectivity index is 2.22. The maximum absolute atomic E-state index is 11.4. The van der Waals surface area contributed by atoms with Crippen molar-refractivity contribution in [3.05, 3.63) is 18.1 Å². The molecule has 5 nitrogen and oxygen atoms in total. The normalized spacial score (nSPS) is 23.7. The van der Waals surface area contributed by atoms with Crippen LogP contribution in [-0.2, 0) is 4.79 Å². The van der Waals surface area contributed by atoms with Gasteiger partial charge in [0, 0.05) is 24.8 Å². The summed E-state index contributed by atoms with van der Waals surface area (Å²) >= 11 is 0. The SMILES string of the molecule is CC(C)c1cc(N2CCCC(C)(C(=O)O)C2)ncn1. The number of piperidine rings is 1. The fraction of sp³-hybridized carbons (Fsp3) is 0.643. The number of carbonyl (C=O) groups is 1. The van der Waals surface area contributed by atoms with Gasteiger partial charge in [-0.15, -0.1) is 0 Å². The second-order valence-corrected chi connectivity index (χ2v) is 5.85. The first kappa shape index (κ1) is 13.8. The molecule has 0 bridgehead atoms. The molecule has 5 heteroatoms. The molecule has 1 aliphatic rings. The summed E-state index contributed by atoms with van der Waals surface area (Å²) in [4.78, 5) is 22.0. The van der Waals surface area contributed by atoms with Crippen molar-refractivity contribution in [3.8, 4) is 0 Å². The van der Waals surface area contributed by atoms with Crippen LogP contribution in [0.4, 0.5) is 5.82 Å². The lowest BCUT2D eigenvalue weighted by molar-refractivity contribution is -0.148. The minimum Gasteiger partial charge on any atom is -0.481 e. The first-order valence-electron chi connectivity index (χ1n) is 6.73. The Morgan fingerprint density at radius 2 is 2.21 bits per heavy atom. The highest BCUT2D eigenvalue weighted by Gasteiger charge is 2.38. The van der Waals surface area contributed by atoms with E-state index in [0.717, 1.165) is 30.9 Å². The predicted molar refractivity (Wildman–Crippen MR) is 73.3 cm³/mol. The molecule has 1 fully saturated rings. The molecule has 0 radical (unpaired) electrons. The second-order valence-electron chi connectivity index (χ2n) is 5.85. The molecule has 1 atom stereocenters. The van der Waals surface area contributed by atoms with E-state index in [9.17, 15) is 9.90 Å². The van der Waals surface area contributed by atoms with Crippen LogP contribution in [0.5, 0.6) is 0 Å². The molecule has 1 saturated heterocycles. The highest BCUT2D eigenvalue weighted by Crippen LogP contribution is 2.32. The average Bonchev–Trinajstić information content (AvgIpc) is 2.39. The summed E-state index contributed by atoms with van der Waals surface area (Å²) in [5, 5.41) is 9.35. The molecular formula is C14H21N3O2. The zero-order valence-electron chi connectivity index (χ0n) is 11.8. The van der Waals surface area contributed by atoms with E-state index < -0.39 is 11.4 Å². The minimum absolute atomic E-state index is 0.345. The van der Waals surface area contributed by atoms with Crippen molar-refractivity contribution in [2.24, 2.45) is 5.41 Å². The van der Waals surface area contributed by atoms with E-state index in [0.29, 0.717) is 12.5 Å². The van der Waals surface area contributed by atoms with E-state index in [1.165, 1.54) is 0 Å². The van der Waals surface area contributed by atoms with E-state index >= 15 is 0 Å². The lowest BCUT2D eigenvalue weighted by Gasteiger charge is -2.38. The maximum atomic E-state index is 11.4. The summed E-state index contributed by atoms with van der Waals surface area (Å²) in [6, 6.07) is 1.97. The number of hydrogen-bond donors (Lipinski definition) is 1. The summed E-state index contributed by atoms with van der Waals surface area (Å²) in [5.41, 5.74) is 0.314. The van der Waals surface area contributed by atoms with E-state index in [2.05, 4.69) is 28.7 Å². The maximum Gasteiger partial charge on any atom is 0.311 e. The van der Waals surface area contributed by atoms with E-state index in [-0.39, 0.29) is 0 Å². The van der Waals surface area contributed by atoms with Gasteiger partial charge in [-0.05, 0) is 25.7 Å². The van der Waals surface area contributed by atoms with Gasteiger partial charge >= 0.3 is 5.97 Å². The fourth-order valence-corrected chi connectivity index (χ4v) is 2.46. The summed E-state index contributed by atoms with van der Waals surface area (Å²) in [6.45, 7) is 7.35. The lowest BCUT2D eigenvalue weighted by atomic mass is 9.82. The number of carboxylic acids is 1. The van der Waals surface area contributed by atoms with Crippen molar-refractivity contribution >= 4 is 11.8 Å². The molecule has 1 aliphatic heterocycles. The van der Waals surface area contributed by atoms with E-state index in [1.54, 1.807) is 6.33 Å². The van der Waals surface area contributed by atoms with Gasteiger partial charge in [0.05, 0.1) is 5.41 Å². The van der Waals surface area contributed by atoms with Crippen LogP contribution >= 0.6 is 0 Å². The van der Waals surface area contributed by atoms with Gasteiger partial charge in [0.25, 0.3) is 0 Å². The third kappa shape index (κ3) is 2.85. The molecule has 104 valence electrons. The molecule has 2 heterocycles. The van der Waals surface area contributed by atoms with Crippen molar-refractivity contribution in [1.29, 1.82) is 0 Å². The molecule has 0 aliphatic carbocycles. The van der Waals surface area contributed by atoms with Crippen molar-refractivity contribution < 1.29 is 9.90 Å². The number of carboxylic acid groups (broad SMARTS) is 1. The van der Waals surface area contributed by atoms with Crippen LogP contribution < -0.4 is 4.90 Å². The smallest absolute Gasteiger partial charge is 0.311 e. The van der Waals surface area contributed by atoms with E-state index in [1.807, 2.05) is 13.0 Å². The molecule has 2 rings (SSSR count). The zero-order valence-corrected chi connectivity index (χ0v) is 11.8. The zero-order chi connectivity index (χ0) is 14.0. The number of anilines is 1. The Labute approximate surface area is 113 Å². The van der Waals surface area contributed by atoms with Crippen LogP contribution in [0, 0.1) is 5.41 Å². The Bertz CT molecular complexity index is 476. The van der Waals surface area contributed by atoms with Gasteiger partial charge in [-0.3, -0.25) is 4.79 Å². The van der Waals surface area contributed by atoms with Crippen molar-refractivity contribution in [2.45, 2.75) is 39.5 Å². The topological polar surface area (TPSA) is 66.3 Å². The summed E-state index contributed by atoms with van der Waals surface area (Å²) < 4.78 is 0. The molecule has 1 unspecified atom stereocenters. The van der Waals surface area contributed by atoms with Crippen molar-refractivity contribution in [1.82, 2.24) is 9.97 Å². The Kier molecular flexibility index (Phi) is 3.73. The first-order chi connectivity index (χ1) is 8.92. The second kappa shape index (κ2) is 5.15. The van der Waals surface area contributed by atoms with Crippen LogP contribution in [0.15, 0.2) is 12.4 Å². The molecule has 0 spiro atoms. The Morgan fingerprint density at radius 1 is 1.47 bits per heavy atom. The molecule has 1 aromatic rings. The number of aromatic nitrogens is 2. The summed E-state index contributed by atoms with van der Waals surface area (Å²) in [6.07, 6.45) is 3.17. The number of hydrogen-bond acceptors (Lipinski definition) is 4. The molecule has 1 N–H and O–H groups in total. The quantitative estimate of drug-likeness (QED) is 0.906. The van der Waals surface area contributed by atoms with Gasteiger partial charge in [0.2, 0.25) is 0 Å². The summed E-state index contributed by atoms with van der Waals surface area (Å²) in [7, 11) is 0. The average molecular weight is 263 g/mol. The predicted octanol–water partition coefficient (Wildman–Crippen LogP) is 2.29. The third-order valence-corrected chi connectivity index (χ3v) is 3.80. The fourth-order valence-electron chi connectivity index (χ4n) is 2.46. The van der Waals surface area contributed by atoms with Crippen LogP contribution in [0.25, 0.3) is 0 Å². The third-order valence-electron chi connectivity index (χ3n) is 3.80. The van der Waals surface area contributed by atoms with Gasteiger partial charge in [0.1, 0.15) is 12.1 Å². The minimum atomic E-state index is -0.727. The standard InChI is InChI=1S/C14H21N3O2/c1-10(2)11-7-12(16-9-15-11)17-6-4-5-14(3,8-17)13(18)19/h7,9-10H,4-6,8H2,1-3H3,(H,18,19). The monoisotopic (exact) mass is 263 g/mol. The highest BCUT2D eigenvalue weighted by atomic mass is 16.4. The van der Waals surface area contributed by atoms with Crippen molar-refractivity contribution in [3.63, 3.8) is 0 Å². The number of aliphatic carboxylic acids is 1. The molecular weight excluding hydrogens is 242 g/mol. The van der Waals surface area contributed by atoms with Gasteiger partial charge in [-0.2, -0.15) is 0 Å². The molecule has 0 aromatic carbocycles. The van der Waals surface area contributed by atoms with E-state index in [4.69, 9.17) is 0 Å². The first-order valence-corrected chi connectivity index (χ1v) is 6.73. The van der Waals surface area contributed by atoms with Crippen LogP contribution in [0.1, 0.15) is 45.2 Å². The molecule has 1 aromatic heterocycles. The van der Waals surface area contributed by atoms with Gasteiger partial charge in [-0.25, -0.2) is 9.97 Å². The van der Waals surface area contributed by atoms with Crippen molar-refractivity contribution in [2.75, 3.05) is 18.0 Å². The molecule has 19 heavy (non-hydrogen) atoms. The highest BCUT2D eigenvalue weighted by molar-refractivity contribution is 5.75. The lowest BCUT2D eigenvalue weighted by Crippen LogP contribution is -2.46. The van der Waals surface area contributed by atoms with Crippen LogP contribution in [0.3, 0.4) is 0 Å². The number of rotatable bonds is 3. The Morgan fingerprint density at radius 3 is 2.84 bits per heavy atom. The van der Waals surface area contributed by atoms with Gasteiger partial charge in [-0.1, -0.05) is 13.8 Å². The number of nitrogens with zero attached hydrogens (tertiary/aromatic N) is 3. The Hall–Kier alpha value is -1.65. The van der Waals surface area contributed by atoms with Crippen LogP contribution in [0.2, 0.25) is 0 Å².